The summed E-state index contributed by atoms with van der Waals surface area (Å²) in [6, 6.07) is 35.9. The number of thioether (sulfide) groups is 2. The van der Waals surface area contributed by atoms with Gasteiger partial charge in [-0.1, -0.05) is 126 Å². The zero-order valence-corrected chi connectivity index (χ0v) is 43.6. The van der Waals surface area contributed by atoms with Crippen molar-refractivity contribution in [1.82, 2.24) is 19.6 Å². The lowest BCUT2D eigenvalue weighted by Crippen LogP contribution is -2.32. The Morgan fingerprint density at radius 1 is 0.493 bits per heavy atom. The fraction of sp³-hybridized carbons (Fsp3) is 0.500. The Kier molecular flexibility index (Phi) is 25.1. The quantitative estimate of drug-likeness (QED) is 0.0568. The Hall–Kier alpha value is -4.98. The summed E-state index contributed by atoms with van der Waals surface area (Å²) in [5.41, 5.74) is 2.23. The number of ether oxygens (including phenoxy) is 2. The molecule has 0 aromatic heterocycles. The van der Waals surface area contributed by atoms with Crippen molar-refractivity contribution in [2.75, 3.05) is 41.3 Å². The molecule has 0 radical (unpaired) electrons. The van der Waals surface area contributed by atoms with Gasteiger partial charge < -0.3 is 34.5 Å². The second kappa shape index (κ2) is 30.6. The molecule has 2 fully saturated rings. The molecule has 2 aliphatic rings. The second-order valence-corrected chi connectivity index (χ2v) is 20.8. The van der Waals surface area contributed by atoms with E-state index in [1.165, 1.54) is 0 Å². The Morgan fingerprint density at radius 2 is 0.855 bits per heavy atom. The van der Waals surface area contributed by atoms with Gasteiger partial charge in [0.15, 0.2) is 0 Å². The normalized spacial score (nSPS) is 17.5. The predicted octanol–water partition coefficient (Wildman–Crippen LogP) is 12.5. The van der Waals surface area contributed by atoms with Crippen LogP contribution in [0.2, 0.25) is 0 Å². The summed E-state index contributed by atoms with van der Waals surface area (Å²) in [4.78, 5) is 57.5. The molecule has 6 rings (SSSR count). The molecule has 4 amide bonds. The first-order chi connectivity index (χ1) is 33.0. The van der Waals surface area contributed by atoms with Crippen LogP contribution >= 0.6 is 23.5 Å². The standard InChI is InChI=1S/2C28H38N2O3S.H2O/c2*1-4-5-18-25-27(32)30(20-12-7-6-11-19-26(31)29(2)3)28(34-25)22-14-13-17-24(21-22)33-23-15-9-8-10-16-23;/h2*8-10,13-17,21,25,28H,4-7,11-12,18-20H2,1-3H3;1H2. The maximum atomic E-state index is 13.3. The van der Waals surface area contributed by atoms with E-state index in [0.29, 0.717) is 12.8 Å². The summed E-state index contributed by atoms with van der Waals surface area (Å²) in [6.07, 6.45) is 15.2. The van der Waals surface area contributed by atoms with E-state index in [9.17, 15) is 19.2 Å². The molecule has 0 bridgehead atoms. The van der Waals surface area contributed by atoms with Gasteiger partial charge in [0.1, 0.15) is 33.7 Å². The van der Waals surface area contributed by atoms with Gasteiger partial charge in [0, 0.05) is 54.1 Å². The number of para-hydroxylation sites is 2. The van der Waals surface area contributed by atoms with E-state index in [2.05, 4.69) is 47.9 Å². The Bertz CT molecular complexity index is 1990. The summed E-state index contributed by atoms with van der Waals surface area (Å²) in [5.74, 6) is 4.09. The smallest absolute Gasteiger partial charge is 0.236 e. The summed E-state index contributed by atoms with van der Waals surface area (Å²) < 4.78 is 12.1. The number of carbonyl (C=O) groups is 4. The third-order valence-electron chi connectivity index (χ3n) is 12.2. The molecular formula is C56H78N4O7S2. The number of benzene rings is 4. The fourth-order valence-corrected chi connectivity index (χ4v) is 11.3. The molecule has 2 saturated heterocycles. The molecule has 4 aromatic carbocycles. The van der Waals surface area contributed by atoms with Crippen molar-refractivity contribution >= 4 is 47.2 Å². The average Bonchev–Trinajstić information content (AvgIpc) is 3.84. The molecule has 376 valence electrons. The number of amides is 4. The highest BCUT2D eigenvalue weighted by Crippen LogP contribution is 2.47. The van der Waals surface area contributed by atoms with E-state index in [4.69, 9.17) is 9.47 Å². The number of rotatable bonds is 26. The minimum Gasteiger partial charge on any atom is -0.457 e. The number of nitrogens with zero attached hydrogens (tertiary/aromatic N) is 4. The van der Waals surface area contributed by atoms with E-state index in [1.807, 2.05) is 84.9 Å². The molecule has 4 unspecified atom stereocenters. The third kappa shape index (κ3) is 18.4. The molecule has 69 heavy (non-hydrogen) atoms. The highest BCUT2D eigenvalue weighted by molar-refractivity contribution is 8.01. The van der Waals surface area contributed by atoms with Gasteiger partial charge in [0.2, 0.25) is 23.6 Å². The zero-order valence-electron chi connectivity index (χ0n) is 42.0. The van der Waals surface area contributed by atoms with Crippen molar-refractivity contribution in [2.24, 2.45) is 0 Å². The maximum Gasteiger partial charge on any atom is 0.236 e. The lowest BCUT2D eigenvalue weighted by Gasteiger charge is -2.24. The second-order valence-electron chi connectivity index (χ2n) is 18.2. The first-order valence-electron chi connectivity index (χ1n) is 25.0. The number of carbonyl (C=O) groups excluding carboxylic acids is 4. The average molecular weight is 983 g/mol. The Morgan fingerprint density at radius 3 is 1.22 bits per heavy atom. The van der Waals surface area contributed by atoms with E-state index >= 15 is 0 Å². The van der Waals surface area contributed by atoms with Crippen LogP contribution in [0.4, 0.5) is 0 Å². The molecule has 4 aromatic rings. The number of hydrogen-bond acceptors (Lipinski definition) is 8. The Labute approximate surface area is 421 Å². The monoisotopic (exact) mass is 983 g/mol. The van der Waals surface area contributed by atoms with Gasteiger partial charge in [-0.3, -0.25) is 19.2 Å². The summed E-state index contributed by atoms with van der Waals surface area (Å²) in [5, 5.41) is 0.0933. The van der Waals surface area contributed by atoms with Crippen molar-refractivity contribution in [3.63, 3.8) is 0 Å². The summed E-state index contributed by atoms with van der Waals surface area (Å²) >= 11 is 3.56. The van der Waals surface area contributed by atoms with Crippen LogP contribution in [0.15, 0.2) is 109 Å². The van der Waals surface area contributed by atoms with Crippen LogP contribution in [0, 0.1) is 0 Å². The van der Waals surface area contributed by atoms with Gasteiger partial charge in [0.05, 0.1) is 10.5 Å². The predicted molar refractivity (Wildman–Crippen MR) is 284 cm³/mol. The van der Waals surface area contributed by atoms with Gasteiger partial charge >= 0.3 is 0 Å². The van der Waals surface area contributed by atoms with Crippen LogP contribution in [-0.2, 0) is 19.2 Å². The van der Waals surface area contributed by atoms with Crippen LogP contribution in [0.5, 0.6) is 23.0 Å². The molecule has 0 aliphatic carbocycles. The van der Waals surface area contributed by atoms with Gasteiger partial charge in [-0.15, -0.1) is 23.5 Å². The molecule has 13 heteroatoms. The third-order valence-corrected chi connectivity index (χ3v) is 15.3. The van der Waals surface area contributed by atoms with Gasteiger partial charge in [0.25, 0.3) is 0 Å². The summed E-state index contributed by atoms with van der Waals surface area (Å²) in [6.45, 7) is 5.85. The van der Waals surface area contributed by atoms with Crippen molar-refractivity contribution in [3.8, 4) is 23.0 Å². The topological polar surface area (TPSA) is 131 Å². The zero-order chi connectivity index (χ0) is 48.7. The van der Waals surface area contributed by atoms with Gasteiger partial charge in [-0.05, 0) is 98.2 Å². The molecule has 0 spiro atoms. The lowest BCUT2D eigenvalue weighted by atomic mass is 10.1. The van der Waals surface area contributed by atoms with Crippen LogP contribution in [0.25, 0.3) is 0 Å². The van der Waals surface area contributed by atoms with E-state index in [1.54, 1.807) is 61.5 Å². The van der Waals surface area contributed by atoms with Crippen LogP contribution in [0.1, 0.15) is 138 Å². The number of unbranched alkanes of at least 4 members (excludes halogenated alkanes) is 8. The molecule has 2 N–H and O–H groups in total. The van der Waals surface area contributed by atoms with E-state index < -0.39 is 0 Å². The number of hydrogen-bond donors (Lipinski definition) is 0. The van der Waals surface area contributed by atoms with Crippen LogP contribution < -0.4 is 9.47 Å². The van der Waals surface area contributed by atoms with Crippen molar-refractivity contribution in [1.29, 1.82) is 0 Å². The highest BCUT2D eigenvalue weighted by Gasteiger charge is 2.41. The van der Waals surface area contributed by atoms with Crippen LogP contribution in [-0.4, -0.2) is 100 Å². The Balaban J connectivity index is 0.000000296. The van der Waals surface area contributed by atoms with Crippen LogP contribution in [0.3, 0.4) is 0 Å². The minimum atomic E-state index is 0. The highest BCUT2D eigenvalue weighted by atomic mass is 32.2. The lowest BCUT2D eigenvalue weighted by molar-refractivity contribution is -0.131. The minimum absolute atomic E-state index is 0. The van der Waals surface area contributed by atoms with Gasteiger partial charge in [-0.2, -0.15) is 0 Å². The molecular weight excluding hydrogens is 905 g/mol. The largest absolute Gasteiger partial charge is 0.457 e. The SMILES string of the molecule is CCCCC1SC(c2cccc(Oc3ccccc3)c2)N(CCCCCCC(=O)N(C)C)C1=O.CCCCC1SC(c2cccc(Oc3ccccc3)c2)N(CCCCCCC(=O)N(C)C)C1=O.O. The summed E-state index contributed by atoms with van der Waals surface area (Å²) in [7, 11) is 7.20. The molecule has 11 nitrogen and oxygen atoms in total. The molecule has 2 heterocycles. The van der Waals surface area contributed by atoms with E-state index in [0.717, 1.165) is 137 Å². The van der Waals surface area contributed by atoms with Crippen molar-refractivity contribution in [2.45, 2.75) is 138 Å². The first kappa shape index (κ1) is 56.6. The maximum absolute atomic E-state index is 13.3. The molecule has 4 atom stereocenters. The van der Waals surface area contributed by atoms with Crippen molar-refractivity contribution in [3.05, 3.63) is 120 Å². The van der Waals surface area contributed by atoms with Crippen molar-refractivity contribution < 1.29 is 34.1 Å². The van der Waals surface area contributed by atoms with Gasteiger partial charge in [-0.25, -0.2) is 0 Å². The van der Waals surface area contributed by atoms with E-state index in [-0.39, 0.29) is 50.4 Å². The first-order valence-corrected chi connectivity index (χ1v) is 26.9. The fourth-order valence-electron chi connectivity index (χ4n) is 8.29. The molecule has 0 saturated carbocycles. The molecule has 2 aliphatic heterocycles.